The molecule has 1 aliphatic carbocycles. The molecule has 0 aliphatic heterocycles. The lowest BCUT2D eigenvalue weighted by atomic mass is 10.0. The van der Waals surface area contributed by atoms with Crippen LogP contribution in [0.2, 0.25) is 0 Å². The van der Waals surface area contributed by atoms with Crippen LogP contribution in [0, 0.1) is 12.9 Å². The van der Waals surface area contributed by atoms with E-state index in [1.165, 1.54) is 12.3 Å². The third-order valence-corrected chi connectivity index (χ3v) is 3.95. The number of rotatable bonds is 3. The van der Waals surface area contributed by atoms with Gasteiger partial charge in [0.2, 0.25) is 5.95 Å². The molecule has 0 saturated heterocycles. The van der Waals surface area contributed by atoms with Crippen molar-refractivity contribution in [2.75, 3.05) is 0 Å². The zero-order valence-corrected chi connectivity index (χ0v) is 11.6. The summed E-state index contributed by atoms with van der Waals surface area (Å²) in [5, 5.41) is 7.33. The highest BCUT2D eigenvalue weighted by Gasteiger charge is 2.66. The second-order valence-electron chi connectivity index (χ2n) is 5.40. The Labute approximate surface area is 123 Å². The predicted molar refractivity (Wildman–Crippen MR) is 68.2 cm³/mol. The van der Waals surface area contributed by atoms with Gasteiger partial charge in [-0.25, -0.2) is 9.67 Å². The van der Waals surface area contributed by atoms with Gasteiger partial charge in [0, 0.05) is 5.69 Å². The molecule has 1 fully saturated rings. The highest BCUT2D eigenvalue weighted by atomic mass is 19.4. The number of alkyl halides is 3. The summed E-state index contributed by atoms with van der Waals surface area (Å²) >= 11 is 0. The second kappa shape index (κ2) is 4.73. The van der Waals surface area contributed by atoms with Crippen molar-refractivity contribution >= 4 is 0 Å². The van der Waals surface area contributed by atoms with E-state index < -0.39 is 23.7 Å². The fourth-order valence-corrected chi connectivity index (χ4v) is 2.42. The first-order chi connectivity index (χ1) is 10.2. The summed E-state index contributed by atoms with van der Waals surface area (Å²) in [5.74, 6) is -0.647. The van der Waals surface area contributed by atoms with Gasteiger partial charge in [-0.1, -0.05) is 11.3 Å². The Balaban J connectivity index is 1.91. The molecule has 2 heterocycles. The van der Waals surface area contributed by atoms with Gasteiger partial charge in [-0.05, 0) is 31.4 Å². The van der Waals surface area contributed by atoms with Gasteiger partial charge < -0.3 is 5.73 Å². The van der Waals surface area contributed by atoms with E-state index >= 15 is 0 Å². The molecule has 0 unspecified atom stereocenters. The fourth-order valence-electron chi connectivity index (χ4n) is 2.42. The molecule has 9 heteroatoms. The molecule has 1 aliphatic rings. The van der Waals surface area contributed by atoms with Crippen molar-refractivity contribution in [2.24, 2.45) is 5.73 Å². The van der Waals surface area contributed by atoms with E-state index in [-0.39, 0.29) is 18.5 Å². The van der Waals surface area contributed by atoms with E-state index in [4.69, 9.17) is 5.73 Å². The van der Waals surface area contributed by atoms with Gasteiger partial charge >= 0.3 is 6.18 Å². The minimum atomic E-state index is -4.38. The molecular formula is C13H13F4N5. The summed E-state index contributed by atoms with van der Waals surface area (Å²) < 4.78 is 53.0. The van der Waals surface area contributed by atoms with E-state index in [0.29, 0.717) is 11.3 Å². The quantitative estimate of drug-likeness (QED) is 0.696. The molecule has 2 aromatic heterocycles. The molecule has 0 amide bonds. The van der Waals surface area contributed by atoms with E-state index in [2.05, 4.69) is 15.3 Å². The van der Waals surface area contributed by atoms with Crippen LogP contribution in [0.5, 0.6) is 0 Å². The minimum absolute atomic E-state index is 0.0222. The molecule has 5 nitrogen and oxygen atoms in total. The Kier molecular flexibility index (Phi) is 3.20. The number of hydrogen-bond acceptors (Lipinski definition) is 4. The van der Waals surface area contributed by atoms with Crippen LogP contribution in [0.25, 0.3) is 0 Å². The Morgan fingerprint density at radius 1 is 1.32 bits per heavy atom. The molecule has 1 saturated carbocycles. The fraction of sp³-hybridized carbons (Fsp3) is 0.462. The standard InChI is InChI=1S/C13H13F4N5/c1-7-8(2-3-10(14)19-7)11(18)9-6-22(21-20-9)12(4-5-12)13(15,16)17/h2-3,6,11H,4-5,18H2,1H3/t11-/m0/s1. The first-order valence-corrected chi connectivity index (χ1v) is 6.63. The van der Waals surface area contributed by atoms with Crippen molar-refractivity contribution < 1.29 is 17.6 Å². The van der Waals surface area contributed by atoms with E-state index in [1.54, 1.807) is 6.92 Å². The minimum Gasteiger partial charge on any atom is -0.319 e. The zero-order valence-electron chi connectivity index (χ0n) is 11.6. The van der Waals surface area contributed by atoms with Crippen LogP contribution in [0.3, 0.4) is 0 Å². The third-order valence-electron chi connectivity index (χ3n) is 3.95. The molecule has 0 aromatic carbocycles. The first-order valence-electron chi connectivity index (χ1n) is 6.63. The number of aromatic nitrogens is 4. The summed E-state index contributed by atoms with van der Waals surface area (Å²) in [4.78, 5) is 3.65. The van der Waals surface area contributed by atoms with Crippen molar-refractivity contribution in [2.45, 2.75) is 37.5 Å². The molecule has 2 aromatic rings. The van der Waals surface area contributed by atoms with Crippen LogP contribution < -0.4 is 5.73 Å². The summed E-state index contributed by atoms with van der Waals surface area (Å²) in [6.45, 7) is 1.57. The predicted octanol–water partition coefficient (Wildman–Crippen LogP) is 2.22. The zero-order chi connectivity index (χ0) is 16.1. The van der Waals surface area contributed by atoms with Crippen molar-refractivity contribution in [3.8, 4) is 0 Å². The van der Waals surface area contributed by atoms with Crippen LogP contribution in [-0.2, 0) is 5.54 Å². The number of nitrogens with zero attached hydrogens (tertiary/aromatic N) is 4. The van der Waals surface area contributed by atoms with E-state index in [9.17, 15) is 17.6 Å². The number of hydrogen-bond donors (Lipinski definition) is 1. The second-order valence-corrected chi connectivity index (χ2v) is 5.40. The maximum Gasteiger partial charge on any atom is 0.413 e. The van der Waals surface area contributed by atoms with Crippen LogP contribution in [0.4, 0.5) is 17.6 Å². The van der Waals surface area contributed by atoms with E-state index in [1.807, 2.05) is 0 Å². The summed E-state index contributed by atoms with van der Waals surface area (Å²) in [5.41, 5.74) is 5.07. The van der Waals surface area contributed by atoms with Crippen LogP contribution in [-0.4, -0.2) is 26.2 Å². The van der Waals surface area contributed by atoms with Crippen LogP contribution in [0.1, 0.15) is 35.8 Å². The van der Waals surface area contributed by atoms with Gasteiger partial charge in [-0.3, -0.25) is 0 Å². The SMILES string of the molecule is Cc1nc(F)ccc1[C@H](N)c1cn(C2(C(F)(F)F)CC2)nn1. The molecule has 0 spiro atoms. The number of aryl methyl sites for hydroxylation is 1. The first kappa shape index (κ1) is 14.9. The van der Waals surface area contributed by atoms with Crippen molar-refractivity contribution in [1.82, 2.24) is 20.0 Å². The number of pyridine rings is 1. The van der Waals surface area contributed by atoms with Crippen molar-refractivity contribution in [1.29, 1.82) is 0 Å². The Morgan fingerprint density at radius 3 is 2.55 bits per heavy atom. The van der Waals surface area contributed by atoms with Crippen LogP contribution >= 0.6 is 0 Å². The van der Waals surface area contributed by atoms with Crippen LogP contribution in [0.15, 0.2) is 18.3 Å². The molecule has 1 atom stereocenters. The monoisotopic (exact) mass is 315 g/mol. The molecule has 0 radical (unpaired) electrons. The highest BCUT2D eigenvalue weighted by Crippen LogP contribution is 2.54. The Hall–Kier alpha value is -2.03. The molecule has 118 valence electrons. The van der Waals surface area contributed by atoms with Gasteiger partial charge in [0.05, 0.1) is 12.2 Å². The summed E-state index contributed by atoms with van der Waals surface area (Å²) in [6, 6.07) is 1.77. The largest absolute Gasteiger partial charge is 0.413 e. The maximum atomic E-state index is 13.1. The smallest absolute Gasteiger partial charge is 0.319 e. The topological polar surface area (TPSA) is 69.6 Å². The molecule has 2 N–H and O–H groups in total. The van der Waals surface area contributed by atoms with Gasteiger partial charge in [-0.15, -0.1) is 5.10 Å². The van der Waals surface area contributed by atoms with Gasteiger partial charge in [0.25, 0.3) is 0 Å². The van der Waals surface area contributed by atoms with Gasteiger partial charge in [0.15, 0.2) is 5.54 Å². The number of halogens is 4. The van der Waals surface area contributed by atoms with E-state index in [0.717, 1.165) is 10.7 Å². The summed E-state index contributed by atoms with van der Waals surface area (Å²) in [7, 11) is 0. The van der Waals surface area contributed by atoms with Crippen molar-refractivity contribution in [3.05, 3.63) is 41.2 Å². The molecular weight excluding hydrogens is 302 g/mol. The lowest BCUT2D eigenvalue weighted by Crippen LogP contribution is -2.35. The molecule has 22 heavy (non-hydrogen) atoms. The molecule has 0 bridgehead atoms. The Bertz CT molecular complexity index is 705. The normalized spacial score (nSPS) is 18.3. The van der Waals surface area contributed by atoms with Crippen molar-refractivity contribution in [3.63, 3.8) is 0 Å². The maximum absolute atomic E-state index is 13.1. The lowest BCUT2D eigenvalue weighted by molar-refractivity contribution is -0.182. The average molecular weight is 315 g/mol. The molecule has 3 rings (SSSR count). The lowest BCUT2D eigenvalue weighted by Gasteiger charge is -2.18. The number of nitrogens with two attached hydrogens (primary N) is 1. The summed E-state index contributed by atoms with van der Waals surface area (Å²) in [6.07, 6.45) is -3.22. The van der Waals surface area contributed by atoms with Gasteiger partial charge in [0.1, 0.15) is 5.69 Å². The average Bonchev–Trinajstić information content (AvgIpc) is 3.10. The van der Waals surface area contributed by atoms with Gasteiger partial charge in [-0.2, -0.15) is 17.6 Å². The third kappa shape index (κ3) is 2.25. The Morgan fingerprint density at radius 2 is 2.00 bits per heavy atom. The highest BCUT2D eigenvalue weighted by molar-refractivity contribution is 5.29.